The summed E-state index contributed by atoms with van der Waals surface area (Å²) >= 11 is 0. The summed E-state index contributed by atoms with van der Waals surface area (Å²) in [5.41, 5.74) is 4.05. The van der Waals surface area contributed by atoms with Crippen LogP contribution in [0.15, 0.2) is 48.5 Å². The summed E-state index contributed by atoms with van der Waals surface area (Å²) in [6.45, 7) is 5.79. The number of imide groups is 1. The van der Waals surface area contributed by atoms with E-state index >= 15 is 0 Å². The predicted molar refractivity (Wildman–Crippen MR) is 103 cm³/mol. The van der Waals surface area contributed by atoms with Gasteiger partial charge in [-0.2, -0.15) is 0 Å². The molecule has 0 N–H and O–H groups in total. The third-order valence-corrected chi connectivity index (χ3v) is 6.30. The fraction of sp³-hybridized carbons (Fsp3) is 0.364. The van der Waals surface area contributed by atoms with Crippen LogP contribution in [0.2, 0.25) is 0 Å². The fourth-order valence-electron chi connectivity index (χ4n) is 4.88. The Hall–Kier alpha value is -2.50. The van der Waals surface area contributed by atoms with Gasteiger partial charge in [-0.1, -0.05) is 36.4 Å². The van der Waals surface area contributed by atoms with Crippen LogP contribution in [0.3, 0.4) is 0 Å². The molecule has 2 aromatic carbocycles. The Morgan fingerprint density at radius 3 is 2.22 bits per heavy atom. The Morgan fingerprint density at radius 1 is 0.815 bits per heavy atom. The molecule has 3 saturated heterocycles. The van der Waals surface area contributed by atoms with Crippen LogP contribution in [0, 0.1) is 19.8 Å². The lowest BCUT2D eigenvalue weighted by molar-refractivity contribution is -0.126. The number of hydrazine groups is 1. The maximum absolute atomic E-state index is 13.5. The summed E-state index contributed by atoms with van der Waals surface area (Å²) < 4.78 is 0. The number of fused-ring (bicyclic) bond motifs is 3. The highest BCUT2D eigenvalue weighted by molar-refractivity contribution is 6.24. The first-order valence-electron chi connectivity index (χ1n) is 9.61. The fourth-order valence-corrected chi connectivity index (χ4v) is 4.88. The highest BCUT2D eigenvalue weighted by Crippen LogP contribution is 2.48. The molecule has 3 fully saturated rings. The highest BCUT2D eigenvalue weighted by atomic mass is 16.2. The van der Waals surface area contributed by atoms with Crippen LogP contribution in [0.1, 0.15) is 29.2 Å². The Balaban J connectivity index is 1.59. The summed E-state index contributed by atoms with van der Waals surface area (Å²) in [6.07, 6.45) is 1.03. The third-order valence-electron chi connectivity index (χ3n) is 6.30. The van der Waals surface area contributed by atoms with E-state index in [1.165, 1.54) is 4.90 Å². The van der Waals surface area contributed by atoms with Crippen LogP contribution in [0.5, 0.6) is 0 Å². The zero-order valence-corrected chi connectivity index (χ0v) is 15.6. The Bertz CT molecular complexity index is 926. The van der Waals surface area contributed by atoms with Crippen LogP contribution in [-0.4, -0.2) is 41.0 Å². The first-order chi connectivity index (χ1) is 13.1. The lowest BCUT2D eigenvalue weighted by atomic mass is 9.90. The molecule has 0 unspecified atom stereocenters. The van der Waals surface area contributed by atoms with Gasteiger partial charge in [-0.25, -0.2) is 14.9 Å². The Morgan fingerprint density at radius 2 is 1.52 bits per heavy atom. The average molecular weight is 361 g/mol. The molecule has 138 valence electrons. The average Bonchev–Trinajstić information content (AvgIpc) is 3.31. The van der Waals surface area contributed by atoms with Crippen LogP contribution in [0.25, 0.3) is 0 Å². The zero-order valence-electron chi connectivity index (χ0n) is 15.6. The van der Waals surface area contributed by atoms with Crippen molar-refractivity contribution in [3.05, 3.63) is 65.2 Å². The molecule has 5 nitrogen and oxygen atoms in total. The van der Waals surface area contributed by atoms with Crippen molar-refractivity contribution in [3.8, 4) is 0 Å². The molecule has 27 heavy (non-hydrogen) atoms. The van der Waals surface area contributed by atoms with E-state index in [2.05, 4.69) is 22.2 Å². The van der Waals surface area contributed by atoms with Crippen LogP contribution in [-0.2, 0) is 9.59 Å². The Labute approximate surface area is 159 Å². The first-order valence-corrected chi connectivity index (χ1v) is 9.61. The van der Waals surface area contributed by atoms with Gasteiger partial charge in [0.2, 0.25) is 5.91 Å². The number of benzene rings is 2. The largest absolute Gasteiger partial charge is 0.274 e. The van der Waals surface area contributed by atoms with Crippen molar-refractivity contribution >= 4 is 17.5 Å². The molecule has 3 aliphatic heterocycles. The topological polar surface area (TPSA) is 43.9 Å². The number of aryl methyl sites for hydroxylation is 2. The molecule has 0 aromatic heterocycles. The van der Waals surface area contributed by atoms with E-state index in [4.69, 9.17) is 0 Å². The smallest absolute Gasteiger partial charge is 0.253 e. The van der Waals surface area contributed by atoms with Crippen LogP contribution < -0.4 is 4.90 Å². The summed E-state index contributed by atoms with van der Waals surface area (Å²) in [6, 6.07) is 15.5. The van der Waals surface area contributed by atoms with Gasteiger partial charge in [-0.3, -0.25) is 9.59 Å². The van der Waals surface area contributed by atoms with E-state index in [0.717, 1.165) is 36.2 Å². The lowest BCUT2D eigenvalue weighted by Gasteiger charge is -2.29. The number of rotatable bonds is 2. The van der Waals surface area contributed by atoms with Crippen molar-refractivity contribution in [2.24, 2.45) is 5.92 Å². The van der Waals surface area contributed by atoms with E-state index < -0.39 is 0 Å². The lowest BCUT2D eigenvalue weighted by Crippen LogP contribution is -2.44. The summed E-state index contributed by atoms with van der Waals surface area (Å²) in [5, 5.41) is 4.39. The van der Waals surface area contributed by atoms with E-state index in [9.17, 15) is 9.59 Å². The number of nitrogens with zero attached hydrogens (tertiary/aromatic N) is 3. The SMILES string of the molecule is Cc1ccc(N2C(=O)[C@H]3[C@@H](C2=O)N2CCCN2[C@H]3c2ccccc2)cc1C. The molecular formula is C22H23N3O2. The number of hydrogen-bond donors (Lipinski definition) is 0. The van der Waals surface area contributed by atoms with Gasteiger partial charge in [-0.15, -0.1) is 0 Å². The van der Waals surface area contributed by atoms with Gasteiger partial charge >= 0.3 is 0 Å². The number of carbonyl (C=O) groups is 2. The second-order valence-electron chi connectivity index (χ2n) is 7.79. The van der Waals surface area contributed by atoms with E-state index in [1.54, 1.807) is 0 Å². The summed E-state index contributed by atoms with van der Waals surface area (Å²) in [5.74, 6) is -0.503. The minimum atomic E-state index is -0.383. The third kappa shape index (κ3) is 2.32. The van der Waals surface area contributed by atoms with Crippen molar-refractivity contribution < 1.29 is 9.59 Å². The van der Waals surface area contributed by atoms with Gasteiger partial charge in [-0.05, 0) is 49.1 Å². The zero-order chi connectivity index (χ0) is 18.7. The van der Waals surface area contributed by atoms with Crippen molar-refractivity contribution in [3.63, 3.8) is 0 Å². The van der Waals surface area contributed by atoms with Crippen molar-refractivity contribution in [1.29, 1.82) is 0 Å². The predicted octanol–water partition coefficient (Wildman–Crippen LogP) is 2.84. The molecule has 2 amide bonds. The van der Waals surface area contributed by atoms with Gasteiger partial charge in [0.25, 0.3) is 5.91 Å². The minimum Gasteiger partial charge on any atom is -0.274 e. The van der Waals surface area contributed by atoms with Gasteiger partial charge in [0.05, 0.1) is 17.6 Å². The number of carbonyl (C=O) groups excluding carboxylic acids is 2. The maximum Gasteiger partial charge on any atom is 0.253 e. The second kappa shape index (κ2) is 6.01. The molecule has 5 heteroatoms. The minimum absolute atomic E-state index is 0.0632. The highest BCUT2D eigenvalue weighted by Gasteiger charge is 2.62. The van der Waals surface area contributed by atoms with Crippen molar-refractivity contribution in [2.75, 3.05) is 18.0 Å². The standard InChI is InChI=1S/C22H23N3O2/c1-14-9-10-17(13-15(14)2)25-21(26)18-19(16-7-4-3-5-8-16)23-11-6-12-24(23)20(18)22(25)27/h3-5,7-10,13,18-20H,6,11-12H2,1-2H3/t18-,19+,20+/m1/s1. The molecule has 0 bridgehead atoms. The van der Waals surface area contributed by atoms with Crippen molar-refractivity contribution in [1.82, 2.24) is 10.0 Å². The molecule has 2 aromatic rings. The molecule has 5 rings (SSSR count). The first kappa shape index (κ1) is 16.7. The number of hydrogen-bond acceptors (Lipinski definition) is 4. The number of amides is 2. The van der Waals surface area contributed by atoms with E-state index in [1.807, 2.05) is 50.2 Å². The monoisotopic (exact) mass is 361 g/mol. The number of anilines is 1. The molecular weight excluding hydrogens is 338 g/mol. The molecule has 3 heterocycles. The van der Waals surface area contributed by atoms with Gasteiger partial charge in [0.15, 0.2) is 0 Å². The van der Waals surface area contributed by atoms with Crippen molar-refractivity contribution in [2.45, 2.75) is 32.4 Å². The van der Waals surface area contributed by atoms with Gasteiger partial charge in [0, 0.05) is 13.1 Å². The van der Waals surface area contributed by atoms with Gasteiger partial charge < -0.3 is 0 Å². The Kier molecular flexibility index (Phi) is 3.71. The molecule has 0 radical (unpaired) electrons. The molecule has 3 atom stereocenters. The molecule has 0 saturated carbocycles. The second-order valence-corrected chi connectivity index (χ2v) is 7.79. The summed E-state index contributed by atoms with van der Waals surface area (Å²) in [4.78, 5) is 28.2. The van der Waals surface area contributed by atoms with Gasteiger partial charge in [0.1, 0.15) is 6.04 Å². The normalized spacial score (nSPS) is 28.1. The summed E-state index contributed by atoms with van der Waals surface area (Å²) in [7, 11) is 0. The quantitative estimate of drug-likeness (QED) is 0.772. The van der Waals surface area contributed by atoms with E-state index in [0.29, 0.717) is 5.69 Å². The maximum atomic E-state index is 13.5. The molecule has 3 aliphatic rings. The van der Waals surface area contributed by atoms with E-state index in [-0.39, 0.29) is 29.8 Å². The molecule has 0 aliphatic carbocycles. The van der Waals surface area contributed by atoms with Crippen LogP contribution >= 0.6 is 0 Å². The van der Waals surface area contributed by atoms with Crippen LogP contribution in [0.4, 0.5) is 5.69 Å². The molecule has 0 spiro atoms.